The number of hydrogen-bond acceptors (Lipinski definition) is 5. The van der Waals surface area contributed by atoms with Crippen molar-refractivity contribution in [2.45, 2.75) is 29.1 Å². The highest BCUT2D eigenvalue weighted by atomic mass is 32.2. The molecule has 0 saturated carbocycles. The average molecular weight is 460 g/mol. The number of benzene rings is 2. The summed E-state index contributed by atoms with van der Waals surface area (Å²) in [5.41, 5.74) is 2.49. The Morgan fingerprint density at radius 3 is 1.97 bits per heavy atom. The van der Waals surface area contributed by atoms with Crippen molar-refractivity contribution in [3.8, 4) is 0 Å². The van der Waals surface area contributed by atoms with Gasteiger partial charge in [-0.05, 0) is 68.2 Å². The SMILES string of the molecule is CSc1ccc(N2CCN(C(=O)c3cc(SC)ccc3N3CCCCC3)CC2)c(F)c1. The molecule has 2 aromatic rings. The standard InChI is InChI=1S/C24H30FN3OS2/c1-30-18-6-8-22(26-10-4-3-5-11-26)20(16-18)24(29)28-14-12-27(13-15-28)23-9-7-19(31-2)17-21(23)25/h6-9,16-17H,3-5,10-15H2,1-2H3. The van der Waals surface area contributed by atoms with Crippen molar-refractivity contribution >= 4 is 40.8 Å². The molecule has 0 atom stereocenters. The average Bonchev–Trinajstić information content (AvgIpc) is 2.83. The zero-order valence-corrected chi connectivity index (χ0v) is 19.9. The molecule has 2 saturated heterocycles. The topological polar surface area (TPSA) is 26.8 Å². The van der Waals surface area contributed by atoms with E-state index >= 15 is 0 Å². The number of nitrogens with zero attached hydrogens (tertiary/aromatic N) is 3. The lowest BCUT2D eigenvalue weighted by Crippen LogP contribution is -2.49. The second kappa shape index (κ2) is 10.2. The van der Waals surface area contributed by atoms with E-state index in [-0.39, 0.29) is 11.7 Å². The number of amides is 1. The Hall–Kier alpha value is -1.86. The highest BCUT2D eigenvalue weighted by molar-refractivity contribution is 7.98. The van der Waals surface area contributed by atoms with Crippen LogP contribution in [0.4, 0.5) is 15.8 Å². The molecule has 2 aliphatic heterocycles. The van der Waals surface area contributed by atoms with Gasteiger partial charge in [0, 0.05) is 54.7 Å². The minimum atomic E-state index is -0.188. The molecule has 0 bridgehead atoms. The Bertz CT molecular complexity index is 925. The highest BCUT2D eigenvalue weighted by Crippen LogP contribution is 2.30. The predicted octanol–water partition coefficient (Wildman–Crippen LogP) is 5.22. The monoisotopic (exact) mass is 459 g/mol. The molecule has 0 spiro atoms. The third kappa shape index (κ3) is 4.98. The molecule has 0 unspecified atom stereocenters. The maximum atomic E-state index is 14.5. The second-order valence-electron chi connectivity index (χ2n) is 8.03. The van der Waals surface area contributed by atoms with Gasteiger partial charge in [-0.1, -0.05) is 0 Å². The van der Waals surface area contributed by atoms with Crippen molar-refractivity contribution in [2.24, 2.45) is 0 Å². The molecule has 0 N–H and O–H groups in total. The van der Waals surface area contributed by atoms with E-state index in [1.807, 2.05) is 40.5 Å². The summed E-state index contributed by atoms with van der Waals surface area (Å²) in [5, 5.41) is 0. The van der Waals surface area contributed by atoms with E-state index < -0.39 is 0 Å². The second-order valence-corrected chi connectivity index (χ2v) is 9.79. The molecule has 2 aromatic carbocycles. The number of carbonyl (C=O) groups excluding carboxylic acids is 1. The van der Waals surface area contributed by atoms with E-state index in [1.54, 1.807) is 17.8 Å². The normalized spacial score (nSPS) is 17.2. The first-order valence-corrected chi connectivity index (χ1v) is 13.4. The quantitative estimate of drug-likeness (QED) is 0.571. The summed E-state index contributed by atoms with van der Waals surface area (Å²) in [6.07, 6.45) is 7.61. The molecule has 31 heavy (non-hydrogen) atoms. The van der Waals surface area contributed by atoms with Crippen LogP contribution in [0.25, 0.3) is 0 Å². The molecule has 7 heteroatoms. The number of thioether (sulfide) groups is 2. The zero-order chi connectivity index (χ0) is 21.8. The van der Waals surface area contributed by atoms with Crippen molar-refractivity contribution in [2.75, 3.05) is 61.6 Å². The Balaban J connectivity index is 1.49. The lowest BCUT2D eigenvalue weighted by molar-refractivity contribution is 0.0747. The number of hydrogen-bond donors (Lipinski definition) is 0. The zero-order valence-electron chi connectivity index (χ0n) is 18.3. The van der Waals surface area contributed by atoms with Crippen LogP contribution in [-0.2, 0) is 0 Å². The van der Waals surface area contributed by atoms with E-state index in [0.717, 1.165) is 34.1 Å². The van der Waals surface area contributed by atoms with Gasteiger partial charge in [0.15, 0.2) is 0 Å². The molecule has 4 rings (SSSR count). The van der Waals surface area contributed by atoms with Crippen LogP contribution < -0.4 is 9.80 Å². The molecule has 0 aliphatic carbocycles. The van der Waals surface area contributed by atoms with Crippen LogP contribution in [0.15, 0.2) is 46.2 Å². The summed E-state index contributed by atoms with van der Waals surface area (Å²) in [6.45, 7) is 4.51. The maximum Gasteiger partial charge on any atom is 0.256 e. The first-order chi connectivity index (χ1) is 15.1. The fraction of sp³-hybridized carbons (Fsp3) is 0.458. The molecule has 2 aliphatic rings. The summed E-state index contributed by atoms with van der Waals surface area (Å²) in [6, 6.07) is 11.7. The summed E-state index contributed by atoms with van der Waals surface area (Å²) in [5.74, 6) is -0.0963. The first-order valence-electron chi connectivity index (χ1n) is 10.9. The summed E-state index contributed by atoms with van der Waals surface area (Å²) in [4.78, 5) is 21.9. The summed E-state index contributed by atoms with van der Waals surface area (Å²) >= 11 is 3.20. The number of piperidine rings is 1. The highest BCUT2D eigenvalue weighted by Gasteiger charge is 2.27. The van der Waals surface area contributed by atoms with Gasteiger partial charge in [-0.15, -0.1) is 23.5 Å². The molecular weight excluding hydrogens is 429 g/mol. The van der Waals surface area contributed by atoms with E-state index in [4.69, 9.17) is 0 Å². The molecule has 166 valence electrons. The molecule has 1 amide bonds. The van der Waals surface area contributed by atoms with Gasteiger partial charge < -0.3 is 14.7 Å². The predicted molar refractivity (Wildman–Crippen MR) is 131 cm³/mol. The van der Waals surface area contributed by atoms with E-state index in [1.165, 1.54) is 31.0 Å². The minimum Gasteiger partial charge on any atom is -0.371 e. The summed E-state index contributed by atoms with van der Waals surface area (Å²) in [7, 11) is 0. The van der Waals surface area contributed by atoms with E-state index in [2.05, 4.69) is 17.0 Å². The van der Waals surface area contributed by atoms with Crippen LogP contribution >= 0.6 is 23.5 Å². The largest absolute Gasteiger partial charge is 0.371 e. The Morgan fingerprint density at radius 1 is 0.774 bits per heavy atom. The van der Waals surface area contributed by atoms with Crippen LogP contribution in [-0.4, -0.2) is 62.6 Å². The van der Waals surface area contributed by atoms with Crippen molar-refractivity contribution in [1.29, 1.82) is 0 Å². The van der Waals surface area contributed by atoms with Crippen LogP contribution in [0.2, 0.25) is 0 Å². The molecule has 4 nitrogen and oxygen atoms in total. The first kappa shape index (κ1) is 22.3. The van der Waals surface area contributed by atoms with Crippen molar-refractivity contribution in [3.63, 3.8) is 0 Å². The van der Waals surface area contributed by atoms with Crippen molar-refractivity contribution in [3.05, 3.63) is 47.8 Å². The van der Waals surface area contributed by atoms with Crippen molar-refractivity contribution in [1.82, 2.24) is 4.90 Å². The molecular formula is C24H30FN3OS2. The Morgan fingerprint density at radius 2 is 1.35 bits per heavy atom. The van der Waals surface area contributed by atoms with Gasteiger partial charge in [0.1, 0.15) is 5.82 Å². The van der Waals surface area contributed by atoms with Gasteiger partial charge in [0.05, 0.1) is 11.3 Å². The van der Waals surface area contributed by atoms with Crippen LogP contribution in [0.1, 0.15) is 29.6 Å². The fourth-order valence-electron chi connectivity index (χ4n) is 4.42. The van der Waals surface area contributed by atoms with Crippen LogP contribution in [0.3, 0.4) is 0 Å². The van der Waals surface area contributed by atoms with Crippen molar-refractivity contribution < 1.29 is 9.18 Å². The van der Waals surface area contributed by atoms with E-state index in [9.17, 15) is 9.18 Å². The van der Waals surface area contributed by atoms with Gasteiger partial charge in [-0.3, -0.25) is 4.79 Å². The van der Waals surface area contributed by atoms with E-state index in [0.29, 0.717) is 31.9 Å². The van der Waals surface area contributed by atoms with Crippen LogP contribution in [0.5, 0.6) is 0 Å². The van der Waals surface area contributed by atoms with Gasteiger partial charge >= 0.3 is 0 Å². The van der Waals surface area contributed by atoms with Gasteiger partial charge in [0.2, 0.25) is 0 Å². The molecule has 0 aromatic heterocycles. The molecule has 2 heterocycles. The number of halogens is 1. The lowest BCUT2D eigenvalue weighted by Gasteiger charge is -2.37. The Kier molecular flexibility index (Phi) is 7.33. The third-order valence-corrected chi connectivity index (χ3v) is 7.64. The number of carbonyl (C=O) groups is 1. The minimum absolute atomic E-state index is 0.0920. The fourth-order valence-corrected chi connectivity index (χ4v) is 5.28. The number of anilines is 2. The van der Waals surface area contributed by atoms with Gasteiger partial charge in [-0.2, -0.15) is 0 Å². The third-order valence-electron chi connectivity index (χ3n) is 6.19. The van der Waals surface area contributed by atoms with Gasteiger partial charge in [-0.25, -0.2) is 4.39 Å². The maximum absolute atomic E-state index is 14.5. The summed E-state index contributed by atoms with van der Waals surface area (Å²) < 4.78 is 14.5. The van der Waals surface area contributed by atoms with Crippen LogP contribution in [0, 0.1) is 5.82 Å². The number of piperazine rings is 1. The van der Waals surface area contributed by atoms with Gasteiger partial charge in [0.25, 0.3) is 5.91 Å². The lowest BCUT2D eigenvalue weighted by atomic mass is 10.1. The Labute approximate surface area is 193 Å². The molecule has 2 fully saturated rings. The number of rotatable bonds is 5. The smallest absolute Gasteiger partial charge is 0.256 e. The molecule has 0 radical (unpaired) electrons.